The van der Waals surface area contributed by atoms with Gasteiger partial charge in [0.05, 0.1) is 4.92 Å². The number of halogens is 3. The minimum absolute atomic E-state index is 0.333. The lowest BCUT2D eigenvalue weighted by molar-refractivity contribution is -0.384. The number of Topliss-reactive ketones (excluding diaryl/α,β-unsaturated/α-hetero) is 1. The molecule has 7 rings (SSSR count). The van der Waals surface area contributed by atoms with Gasteiger partial charge in [-0.1, -0.05) is 40.9 Å². The SMILES string of the molecule is O=C(/N=C1\N=Nc2nc(C(C(=O)c3cccc([N+](=O)[O-])c3Cl)c3nc4n(c3O)/C(=N/C(=O)Nc3ccc(Cl)cc3)N=N4)c(O)n21)Nc1ccc(Cl)cc1. The maximum atomic E-state index is 14.3. The molecule has 23 heteroatoms. The summed E-state index contributed by atoms with van der Waals surface area (Å²) in [7, 11) is 0. The maximum absolute atomic E-state index is 14.3. The van der Waals surface area contributed by atoms with Gasteiger partial charge in [0, 0.05) is 33.0 Å². The van der Waals surface area contributed by atoms with Crippen molar-refractivity contribution >= 4 is 93.5 Å². The first-order chi connectivity index (χ1) is 25.4. The van der Waals surface area contributed by atoms with Crippen LogP contribution in [0.1, 0.15) is 27.7 Å². The van der Waals surface area contributed by atoms with Crippen molar-refractivity contribution in [3.63, 3.8) is 0 Å². The molecule has 0 aliphatic carbocycles. The Balaban J connectivity index is 1.29. The third-order valence-corrected chi connectivity index (χ3v) is 8.33. The summed E-state index contributed by atoms with van der Waals surface area (Å²) in [6.07, 6.45) is 0. The normalized spacial score (nSPS) is 14.7. The summed E-state index contributed by atoms with van der Waals surface area (Å²) in [5, 5.41) is 55.1. The number of fused-ring (bicyclic) bond motifs is 2. The minimum atomic E-state index is -1.88. The second-order valence-corrected chi connectivity index (χ2v) is 12.0. The van der Waals surface area contributed by atoms with Crippen molar-refractivity contribution in [1.82, 2.24) is 19.1 Å². The van der Waals surface area contributed by atoms with E-state index < -0.39 is 80.0 Å². The van der Waals surface area contributed by atoms with Gasteiger partial charge in [-0.25, -0.2) is 28.7 Å². The number of aromatic nitrogens is 4. The molecule has 0 atom stereocenters. The van der Waals surface area contributed by atoms with E-state index in [0.29, 0.717) is 21.4 Å². The lowest BCUT2D eigenvalue weighted by Crippen LogP contribution is -2.18. The van der Waals surface area contributed by atoms with E-state index in [-0.39, 0.29) is 11.9 Å². The average molecular weight is 777 g/mol. The number of nitro benzene ring substituents is 1. The number of urea groups is 2. The zero-order chi connectivity index (χ0) is 37.6. The van der Waals surface area contributed by atoms with Gasteiger partial charge in [0.15, 0.2) is 5.78 Å². The molecule has 2 aromatic heterocycles. The van der Waals surface area contributed by atoms with Crippen LogP contribution < -0.4 is 10.6 Å². The summed E-state index contributed by atoms with van der Waals surface area (Å²) in [6.45, 7) is 0. The number of carbonyl (C=O) groups is 3. The van der Waals surface area contributed by atoms with E-state index in [9.17, 15) is 34.7 Å². The molecule has 264 valence electrons. The van der Waals surface area contributed by atoms with Gasteiger partial charge < -0.3 is 20.8 Å². The summed E-state index contributed by atoms with van der Waals surface area (Å²) < 4.78 is 1.67. The zero-order valence-corrected chi connectivity index (χ0v) is 28.2. The molecule has 0 unspecified atom stereocenters. The van der Waals surface area contributed by atoms with Crippen molar-refractivity contribution < 1.29 is 29.5 Å². The number of carbonyl (C=O) groups excluding carboxylic acids is 3. The molecule has 0 spiro atoms. The van der Waals surface area contributed by atoms with Crippen molar-refractivity contribution in [2.75, 3.05) is 10.6 Å². The molecular formula is C30H16Cl3N13O7. The topological polar surface area (TPSA) is 269 Å². The molecule has 0 fully saturated rings. The van der Waals surface area contributed by atoms with Gasteiger partial charge in [-0.15, -0.1) is 20.5 Å². The molecule has 0 radical (unpaired) electrons. The Morgan fingerprint density at radius 2 is 1.17 bits per heavy atom. The molecule has 4 amide bonds. The first-order valence-corrected chi connectivity index (χ1v) is 15.8. The van der Waals surface area contributed by atoms with E-state index in [0.717, 1.165) is 15.2 Å². The second kappa shape index (κ2) is 13.7. The average Bonchev–Trinajstić information content (AvgIpc) is 3.87. The number of imidazole rings is 2. The first-order valence-electron chi connectivity index (χ1n) is 14.6. The van der Waals surface area contributed by atoms with Crippen LogP contribution in [0.3, 0.4) is 0 Å². The van der Waals surface area contributed by atoms with Crippen molar-refractivity contribution in [3.05, 3.63) is 109 Å². The Kier molecular flexibility index (Phi) is 8.91. The van der Waals surface area contributed by atoms with E-state index in [1.807, 2.05) is 0 Å². The Bertz CT molecular complexity index is 2370. The summed E-state index contributed by atoms with van der Waals surface area (Å²) >= 11 is 18.1. The van der Waals surface area contributed by atoms with Gasteiger partial charge >= 0.3 is 12.1 Å². The number of aromatic hydroxyl groups is 2. The Morgan fingerprint density at radius 1 is 0.717 bits per heavy atom. The van der Waals surface area contributed by atoms with Crippen LogP contribution in [0.5, 0.6) is 11.8 Å². The molecule has 3 aromatic carbocycles. The number of anilines is 2. The molecular weight excluding hydrogens is 761 g/mol. The van der Waals surface area contributed by atoms with E-state index in [1.165, 1.54) is 60.7 Å². The molecule has 5 aromatic rings. The Hall–Kier alpha value is -6.90. The van der Waals surface area contributed by atoms with E-state index in [4.69, 9.17) is 34.8 Å². The van der Waals surface area contributed by atoms with E-state index in [1.54, 1.807) is 0 Å². The summed E-state index contributed by atoms with van der Waals surface area (Å²) in [6, 6.07) is 13.8. The smallest absolute Gasteiger partial charge is 0.348 e. The standard InChI is InChI=1S/C30H16Cl3N13O7/c31-12-4-8-14(9-5-12)34-29(50)38-27-42-40-25-36-20(23(48)44(25)27)18(22(47)16-2-1-3-17(19(16)33)46(52)53)21-24(49)45-26(37-21)41-43-28(45)39-30(51)35-15-10-6-13(32)7-11-15/h1-11,18,48-49H,(H,34,50)(H,35,51)/b38-27+,39-28+. The Labute approximate surface area is 309 Å². The monoisotopic (exact) mass is 775 g/mol. The maximum Gasteiger partial charge on any atom is 0.348 e. The van der Waals surface area contributed by atoms with Crippen LogP contribution >= 0.6 is 34.8 Å². The van der Waals surface area contributed by atoms with Crippen LogP contribution in [0.2, 0.25) is 15.1 Å². The number of rotatable bonds is 7. The number of hydrogen-bond acceptors (Lipinski definition) is 11. The number of amides is 4. The molecule has 0 saturated heterocycles. The fraction of sp³-hybridized carbons (Fsp3) is 0.0333. The lowest BCUT2D eigenvalue weighted by Gasteiger charge is -2.14. The highest BCUT2D eigenvalue weighted by atomic mass is 35.5. The third kappa shape index (κ3) is 6.55. The fourth-order valence-corrected chi connectivity index (χ4v) is 5.61. The highest BCUT2D eigenvalue weighted by Crippen LogP contribution is 2.44. The number of nitrogens with one attached hydrogen (secondary N) is 2. The number of nitrogens with zero attached hydrogens (tertiary/aromatic N) is 11. The number of nitro groups is 1. The molecule has 2 aliphatic rings. The van der Waals surface area contributed by atoms with Crippen molar-refractivity contribution in [3.8, 4) is 11.8 Å². The molecule has 2 aliphatic heterocycles. The largest absolute Gasteiger partial charge is 0.493 e. The predicted molar refractivity (Wildman–Crippen MR) is 188 cm³/mol. The van der Waals surface area contributed by atoms with E-state index in [2.05, 4.69) is 51.0 Å². The molecule has 0 saturated carbocycles. The number of aliphatic imine (C=N–C) groups is 2. The van der Waals surface area contributed by atoms with Crippen LogP contribution in [-0.2, 0) is 0 Å². The highest BCUT2D eigenvalue weighted by Gasteiger charge is 2.41. The summed E-state index contributed by atoms with van der Waals surface area (Å²) in [5.74, 6) is -6.19. The van der Waals surface area contributed by atoms with Crippen LogP contribution in [0.25, 0.3) is 0 Å². The van der Waals surface area contributed by atoms with E-state index >= 15 is 0 Å². The molecule has 0 bridgehead atoms. The Morgan fingerprint density at radius 3 is 1.60 bits per heavy atom. The van der Waals surface area contributed by atoms with Crippen LogP contribution in [0, 0.1) is 10.1 Å². The molecule has 53 heavy (non-hydrogen) atoms. The second-order valence-electron chi connectivity index (χ2n) is 10.7. The van der Waals surface area contributed by atoms with Gasteiger partial charge in [-0.05, 0) is 54.6 Å². The first kappa shape index (κ1) is 34.5. The number of hydrogen-bond donors (Lipinski definition) is 4. The highest BCUT2D eigenvalue weighted by molar-refractivity contribution is 6.36. The molecule has 4 heterocycles. The lowest BCUT2D eigenvalue weighted by atomic mass is 9.91. The molecule has 4 N–H and O–H groups in total. The van der Waals surface area contributed by atoms with Gasteiger partial charge in [-0.2, -0.15) is 9.98 Å². The van der Waals surface area contributed by atoms with Gasteiger partial charge in [0.2, 0.25) is 11.8 Å². The van der Waals surface area contributed by atoms with Crippen molar-refractivity contribution in [1.29, 1.82) is 0 Å². The van der Waals surface area contributed by atoms with Gasteiger partial charge in [0.1, 0.15) is 22.3 Å². The molecule has 20 nitrogen and oxygen atoms in total. The van der Waals surface area contributed by atoms with Crippen molar-refractivity contribution in [2.45, 2.75) is 5.92 Å². The summed E-state index contributed by atoms with van der Waals surface area (Å²) in [4.78, 5) is 66.7. The van der Waals surface area contributed by atoms with Crippen LogP contribution in [-0.4, -0.2) is 64.0 Å². The number of benzene rings is 3. The number of azo groups is 2. The fourth-order valence-electron chi connectivity index (χ4n) is 5.07. The minimum Gasteiger partial charge on any atom is -0.493 e. The zero-order valence-electron chi connectivity index (χ0n) is 25.9. The third-order valence-electron chi connectivity index (χ3n) is 7.42. The van der Waals surface area contributed by atoms with Crippen LogP contribution in [0.4, 0.5) is 38.5 Å². The number of ketones is 1. The predicted octanol–water partition coefficient (Wildman–Crippen LogP) is 7.44. The van der Waals surface area contributed by atoms with Gasteiger partial charge in [-0.3, -0.25) is 14.9 Å². The van der Waals surface area contributed by atoms with Crippen molar-refractivity contribution in [2.24, 2.45) is 30.4 Å². The van der Waals surface area contributed by atoms with Gasteiger partial charge in [0.25, 0.3) is 29.5 Å². The van der Waals surface area contributed by atoms with Crippen LogP contribution in [0.15, 0.2) is 97.2 Å². The summed E-state index contributed by atoms with van der Waals surface area (Å²) in [5.41, 5.74) is -1.39. The quantitative estimate of drug-likeness (QED) is 0.0725.